The van der Waals surface area contributed by atoms with Crippen molar-refractivity contribution in [3.63, 3.8) is 0 Å². The topological polar surface area (TPSA) is 152 Å². The summed E-state index contributed by atoms with van der Waals surface area (Å²) in [6.07, 6.45) is 1.09. The molecule has 0 aliphatic rings. The number of hydrogen-bond donors (Lipinski definition) is 3. The zero-order valence-electron chi connectivity index (χ0n) is 19.5. The van der Waals surface area contributed by atoms with E-state index in [1.165, 1.54) is 31.4 Å². The molecule has 0 bridgehead atoms. The molecule has 0 spiro atoms. The lowest BCUT2D eigenvalue weighted by molar-refractivity contribution is -0.136. The number of carboxylic acids is 1. The lowest BCUT2D eigenvalue weighted by Gasteiger charge is -2.12. The Bertz CT molecular complexity index is 1440. The Hall–Kier alpha value is -3.70. The van der Waals surface area contributed by atoms with Gasteiger partial charge in [-0.05, 0) is 55.3 Å². The van der Waals surface area contributed by atoms with Crippen LogP contribution in [-0.4, -0.2) is 39.1 Å². The summed E-state index contributed by atoms with van der Waals surface area (Å²) in [5, 5.41) is 11.9. The molecule has 0 saturated carbocycles. The van der Waals surface area contributed by atoms with Crippen LogP contribution in [0.5, 0.6) is 5.75 Å². The van der Waals surface area contributed by atoms with Crippen molar-refractivity contribution in [1.82, 2.24) is 4.72 Å². The van der Waals surface area contributed by atoms with Crippen molar-refractivity contribution in [2.75, 3.05) is 19.0 Å². The molecule has 3 rings (SSSR count). The van der Waals surface area contributed by atoms with Crippen LogP contribution in [0.2, 0.25) is 0 Å². The summed E-state index contributed by atoms with van der Waals surface area (Å²) in [6, 6.07) is 8.92. The number of anilines is 1. The summed E-state index contributed by atoms with van der Waals surface area (Å²) in [6.45, 7) is 3.33. The average molecular weight is 503 g/mol. The van der Waals surface area contributed by atoms with Gasteiger partial charge in [0.05, 0.1) is 18.4 Å². The second-order valence-corrected chi connectivity index (χ2v) is 9.60. The number of rotatable bonds is 10. The summed E-state index contributed by atoms with van der Waals surface area (Å²) in [4.78, 5) is 36.0. The van der Waals surface area contributed by atoms with Crippen LogP contribution in [0, 0.1) is 6.92 Å². The van der Waals surface area contributed by atoms with Gasteiger partial charge in [-0.25, -0.2) is 17.9 Å². The zero-order valence-corrected chi connectivity index (χ0v) is 20.3. The van der Waals surface area contributed by atoms with Gasteiger partial charge in [0, 0.05) is 23.2 Å². The van der Waals surface area contributed by atoms with Crippen molar-refractivity contribution in [2.24, 2.45) is 0 Å². The van der Waals surface area contributed by atoms with Gasteiger partial charge in [0.25, 0.3) is 5.91 Å². The average Bonchev–Trinajstić information content (AvgIpc) is 2.80. The van der Waals surface area contributed by atoms with Crippen LogP contribution in [-0.2, 0) is 21.2 Å². The predicted molar refractivity (Wildman–Crippen MR) is 130 cm³/mol. The Labute approximate surface area is 202 Å². The van der Waals surface area contributed by atoms with E-state index in [0.717, 1.165) is 12.0 Å². The minimum Gasteiger partial charge on any atom is -0.496 e. The highest BCUT2D eigenvalue weighted by atomic mass is 32.2. The summed E-state index contributed by atoms with van der Waals surface area (Å²) in [7, 11) is -2.39. The molecule has 35 heavy (non-hydrogen) atoms. The maximum atomic E-state index is 12.9. The number of carbonyl (C=O) groups excluding carboxylic acids is 1. The second kappa shape index (κ2) is 10.7. The highest BCUT2D eigenvalue weighted by Crippen LogP contribution is 2.29. The van der Waals surface area contributed by atoms with Crippen molar-refractivity contribution >= 4 is 38.6 Å². The molecule has 0 atom stereocenters. The number of nitrogens with one attached hydrogen (secondary N) is 2. The smallest absolute Gasteiger partial charge is 0.349 e. The lowest BCUT2D eigenvalue weighted by Crippen LogP contribution is -2.26. The monoisotopic (exact) mass is 502 g/mol. The normalized spacial score (nSPS) is 11.4. The van der Waals surface area contributed by atoms with Gasteiger partial charge in [-0.3, -0.25) is 9.59 Å². The zero-order chi connectivity index (χ0) is 25.8. The molecular formula is C24H26N2O8S. The van der Waals surface area contributed by atoms with Crippen molar-refractivity contribution in [3.8, 4) is 5.75 Å². The first-order valence-electron chi connectivity index (χ1n) is 10.8. The third-order valence-corrected chi connectivity index (χ3v) is 6.77. The van der Waals surface area contributed by atoms with Gasteiger partial charge in [0.2, 0.25) is 10.0 Å². The number of benzene rings is 2. The molecule has 1 heterocycles. The van der Waals surface area contributed by atoms with Crippen LogP contribution in [0.4, 0.5) is 5.69 Å². The van der Waals surface area contributed by atoms with E-state index >= 15 is 0 Å². The molecule has 0 unspecified atom stereocenters. The van der Waals surface area contributed by atoms with Gasteiger partial charge in [-0.2, -0.15) is 0 Å². The van der Waals surface area contributed by atoms with Gasteiger partial charge in [0.15, 0.2) is 0 Å². The molecule has 0 saturated heterocycles. The van der Waals surface area contributed by atoms with Gasteiger partial charge >= 0.3 is 11.6 Å². The van der Waals surface area contributed by atoms with E-state index in [4.69, 9.17) is 14.3 Å². The van der Waals surface area contributed by atoms with Crippen molar-refractivity contribution in [2.45, 2.75) is 38.0 Å². The fourth-order valence-corrected chi connectivity index (χ4v) is 4.69. The van der Waals surface area contributed by atoms with Crippen LogP contribution in [0.3, 0.4) is 0 Å². The largest absolute Gasteiger partial charge is 0.496 e. The molecule has 1 amide bonds. The third kappa shape index (κ3) is 5.87. The summed E-state index contributed by atoms with van der Waals surface area (Å²) >= 11 is 0. The fourth-order valence-electron chi connectivity index (χ4n) is 3.57. The molecular weight excluding hydrogens is 476 g/mol. The first-order chi connectivity index (χ1) is 16.6. The maximum absolute atomic E-state index is 12.9. The molecule has 3 aromatic rings. The number of hydrogen-bond acceptors (Lipinski definition) is 7. The van der Waals surface area contributed by atoms with E-state index in [-0.39, 0.29) is 23.4 Å². The van der Waals surface area contributed by atoms with E-state index in [0.29, 0.717) is 34.4 Å². The number of fused-ring (bicyclic) bond motifs is 1. The molecule has 11 heteroatoms. The minimum atomic E-state index is -3.92. The number of aryl methyl sites for hydroxylation is 2. The molecule has 0 aliphatic heterocycles. The van der Waals surface area contributed by atoms with Crippen molar-refractivity contribution in [1.29, 1.82) is 0 Å². The van der Waals surface area contributed by atoms with Crippen molar-refractivity contribution < 1.29 is 32.3 Å². The van der Waals surface area contributed by atoms with E-state index in [9.17, 15) is 22.8 Å². The van der Waals surface area contributed by atoms with Crippen molar-refractivity contribution in [3.05, 3.63) is 63.5 Å². The van der Waals surface area contributed by atoms with E-state index in [2.05, 4.69) is 10.0 Å². The lowest BCUT2D eigenvalue weighted by atomic mass is 10.0. The van der Waals surface area contributed by atoms with Gasteiger partial charge in [-0.15, -0.1) is 0 Å². The van der Waals surface area contributed by atoms with E-state index in [1.807, 2.05) is 6.92 Å². The SMILES string of the molecule is CCCc1c(OC)ccc2cc(C(=O)Nc3ccc(S(=O)(=O)NCCC(=O)O)cc3C)c(=O)oc12. The number of sulfonamides is 1. The first kappa shape index (κ1) is 25.9. The first-order valence-corrected chi connectivity index (χ1v) is 12.3. The molecule has 0 aliphatic carbocycles. The summed E-state index contributed by atoms with van der Waals surface area (Å²) < 4.78 is 37.8. The molecule has 0 radical (unpaired) electrons. The van der Waals surface area contributed by atoms with Gasteiger partial charge < -0.3 is 19.6 Å². The molecule has 10 nitrogen and oxygen atoms in total. The minimum absolute atomic E-state index is 0.0824. The Balaban J connectivity index is 1.87. The number of carboxylic acid groups (broad SMARTS) is 1. The number of ether oxygens (including phenoxy) is 1. The molecule has 0 fully saturated rings. The number of carbonyl (C=O) groups is 2. The van der Waals surface area contributed by atoms with Gasteiger partial charge in [0.1, 0.15) is 16.9 Å². The Morgan fingerprint density at radius 2 is 1.89 bits per heavy atom. The maximum Gasteiger partial charge on any atom is 0.349 e. The van der Waals surface area contributed by atoms with E-state index < -0.39 is 27.5 Å². The molecule has 2 aromatic carbocycles. The quantitative estimate of drug-likeness (QED) is 0.358. The van der Waals surface area contributed by atoms with Crippen LogP contribution < -0.4 is 20.4 Å². The Morgan fingerprint density at radius 3 is 2.51 bits per heavy atom. The summed E-state index contributed by atoms with van der Waals surface area (Å²) in [5.41, 5.74) is 0.853. The highest BCUT2D eigenvalue weighted by Gasteiger charge is 2.20. The number of aliphatic carboxylic acids is 1. The standard InChI is InChI=1S/C24H26N2O8S/c1-4-5-17-20(33-3)9-6-15-13-18(24(30)34-22(15)17)23(29)26-19-8-7-16(12-14(19)2)35(31,32)25-11-10-21(27)28/h6-9,12-13,25H,4-5,10-11H2,1-3H3,(H,26,29)(H,27,28). The molecule has 186 valence electrons. The third-order valence-electron chi connectivity index (χ3n) is 5.31. The predicted octanol–water partition coefficient (Wildman–Crippen LogP) is 3.07. The molecule has 3 N–H and O–H groups in total. The van der Waals surface area contributed by atoms with Crippen LogP contribution in [0.1, 0.15) is 41.3 Å². The van der Waals surface area contributed by atoms with E-state index in [1.54, 1.807) is 19.1 Å². The van der Waals surface area contributed by atoms with Gasteiger partial charge in [-0.1, -0.05) is 13.3 Å². The Morgan fingerprint density at radius 1 is 1.14 bits per heavy atom. The van der Waals surface area contributed by atoms with Crippen LogP contribution in [0.15, 0.2) is 50.5 Å². The fraction of sp³-hybridized carbons (Fsp3) is 0.292. The number of amides is 1. The summed E-state index contributed by atoms with van der Waals surface area (Å²) in [5.74, 6) is -1.23. The highest BCUT2D eigenvalue weighted by molar-refractivity contribution is 7.89. The molecule has 1 aromatic heterocycles. The van der Waals surface area contributed by atoms with Crippen LogP contribution in [0.25, 0.3) is 11.0 Å². The van der Waals surface area contributed by atoms with Crippen LogP contribution >= 0.6 is 0 Å². The number of methoxy groups -OCH3 is 1. The Kier molecular flexibility index (Phi) is 7.92. The second-order valence-electron chi connectivity index (χ2n) is 7.83.